The summed E-state index contributed by atoms with van der Waals surface area (Å²) in [5.74, 6) is 1.27. The van der Waals surface area contributed by atoms with Gasteiger partial charge in [-0.2, -0.15) is 0 Å². The van der Waals surface area contributed by atoms with E-state index in [0.29, 0.717) is 5.82 Å². The van der Waals surface area contributed by atoms with Crippen molar-refractivity contribution in [2.45, 2.75) is 20.4 Å². The highest BCUT2D eigenvalue weighted by Crippen LogP contribution is 2.29. The van der Waals surface area contributed by atoms with Crippen LogP contribution in [0.15, 0.2) is 66.7 Å². The molecule has 0 saturated heterocycles. The summed E-state index contributed by atoms with van der Waals surface area (Å²) in [5, 5.41) is 9.30. The standard InChI is InChI=1S/C23H20N2O3/c1-15-7-8-16(2)21(13-15)28-18-11-9-17(10-12-18)23-24-19-5-3-4-6-20(19)25(23)14-22(26)27/h3-13H,14H2,1-2H3,(H,26,27). The average molecular weight is 372 g/mol. The minimum Gasteiger partial charge on any atom is -0.480 e. The first-order chi connectivity index (χ1) is 13.5. The molecule has 1 heterocycles. The van der Waals surface area contributed by atoms with Crippen LogP contribution in [0.1, 0.15) is 11.1 Å². The smallest absolute Gasteiger partial charge is 0.323 e. The fourth-order valence-corrected chi connectivity index (χ4v) is 3.21. The Kier molecular flexibility index (Phi) is 4.57. The van der Waals surface area contributed by atoms with Crippen molar-refractivity contribution in [3.63, 3.8) is 0 Å². The van der Waals surface area contributed by atoms with Gasteiger partial charge in [0, 0.05) is 5.56 Å². The van der Waals surface area contributed by atoms with Crippen LogP contribution < -0.4 is 4.74 Å². The van der Waals surface area contributed by atoms with Crippen LogP contribution in [0.25, 0.3) is 22.4 Å². The number of carboxylic acids is 1. The lowest BCUT2D eigenvalue weighted by Gasteiger charge is -2.11. The molecule has 0 unspecified atom stereocenters. The Morgan fingerprint density at radius 2 is 1.79 bits per heavy atom. The van der Waals surface area contributed by atoms with Gasteiger partial charge >= 0.3 is 5.97 Å². The number of aromatic nitrogens is 2. The number of aliphatic carboxylic acids is 1. The Labute approximate surface area is 162 Å². The number of hydrogen-bond donors (Lipinski definition) is 1. The van der Waals surface area contributed by atoms with E-state index < -0.39 is 5.97 Å². The van der Waals surface area contributed by atoms with Gasteiger partial charge in [0.25, 0.3) is 0 Å². The Morgan fingerprint density at radius 3 is 2.54 bits per heavy atom. The molecule has 140 valence electrons. The maximum Gasteiger partial charge on any atom is 0.323 e. The fraction of sp³-hybridized carbons (Fsp3) is 0.130. The van der Waals surface area contributed by atoms with Gasteiger partial charge in [-0.3, -0.25) is 4.79 Å². The molecule has 0 atom stereocenters. The number of ether oxygens (including phenoxy) is 1. The summed E-state index contributed by atoms with van der Waals surface area (Å²) in [6.07, 6.45) is 0. The largest absolute Gasteiger partial charge is 0.480 e. The molecule has 0 amide bonds. The van der Waals surface area contributed by atoms with E-state index in [2.05, 4.69) is 11.1 Å². The lowest BCUT2D eigenvalue weighted by molar-refractivity contribution is -0.137. The molecule has 0 aliphatic carbocycles. The molecule has 0 saturated carbocycles. The molecule has 3 aromatic carbocycles. The van der Waals surface area contributed by atoms with Crippen LogP contribution in [-0.2, 0) is 11.3 Å². The molecule has 0 fully saturated rings. The van der Waals surface area contributed by atoms with Crippen molar-refractivity contribution < 1.29 is 14.6 Å². The second-order valence-electron chi connectivity index (χ2n) is 6.80. The first-order valence-corrected chi connectivity index (χ1v) is 9.04. The molecular weight excluding hydrogens is 352 g/mol. The van der Waals surface area contributed by atoms with Gasteiger partial charge in [0.2, 0.25) is 0 Å². The number of aryl methyl sites for hydroxylation is 2. The minimum atomic E-state index is -0.903. The second kappa shape index (κ2) is 7.19. The number of hydrogen-bond acceptors (Lipinski definition) is 3. The molecular formula is C23H20N2O3. The monoisotopic (exact) mass is 372 g/mol. The first kappa shape index (κ1) is 17.8. The van der Waals surface area contributed by atoms with E-state index in [1.165, 1.54) is 0 Å². The number of para-hydroxylation sites is 2. The zero-order chi connectivity index (χ0) is 19.7. The zero-order valence-electron chi connectivity index (χ0n) is 15.7. The van der Waals surface area contributed by atoms with E-state index in [4.69, 9.17) is 4.74 Å². The molecule has 0 aliphatic heterocycles. The molecule has 5 nitrogen and oxygen atoms in total. The summed E-state index contributed by atoms with van der Waals surface area (Å²) in [6.45, 7) is 3.90. The topological polar surface area (TPSA) is 64.4 Å². The molecule has 5 heteroatoms. The van der Waals surface area contributed by atoms with E-state index in [0.717, 1.165) is 39.2 Å². The molecule has 0 radical (unpaired) electrons. The highest BCUT2D eigenvalue weighted by Gasteiger charge is 2.15. The van der Waals surface area contributed by atoms with E-state index in [-0.39, 0.29) is 6.54 Å². The maximum absolute atomic E-state index is 11.3. The summed E-state index contributed by atoms with van der Waals surface area (Å²) in [4.78, 5) is 16.0. The van der Waals surface area contributed by atoms with E-state index >= 15 is 0 Å². The molecule has 0 aliphatic rings. The van der Waals surface area contributed by atoms with Crippen molar-refractivity contribution in [3.8, 4) is 22.9 Å². The summed E-state index contributed by atoms with van der Waals surface area (Å²) in [5.41, 5.74) is 4.62. The fourth-order valence-electron chi connectivity index (χ4n) is 3.21. The molecule has 1 aromatic heterocycles. The number of rotatable bonds is 5. The Hall–Kier alpha value is -3.60. The second-order valence-corrected chi connectivity index (χ2v) is 6.80. The highest BCUT2D eigenvalue weighted by atomic mass is 16.5. The SMILES string of the molecule is Cc1ccc(C)c(Oc2ccc(-c3nc4ccccc4n3CC(=O)O)cc2)c1. The number of carboxylic acid groups (broad SMARTS) is 1. The number of nitrogens with zero attached hydrogens (tertiary/aromatic N) is 2. The van der Waals surface area contributed by atoms with Gasteiger partial charge in [-0.1, -0.05) is 24.3 Å². The molecule has 0 spiro atoms. The van der Waals surface area contributed by atoms with Gasteiger partial charge in [0.1, 0.15) is 23.9 Å². The predicted octanol–water partition coefficient (Wildman–Crippen LogP) is 5.20. The Balaban J connectivity index is 1.69. The van der Waals surface area contributed by atoms with Gasteiger partial charge in [0.15, 0.2) is 0 Å². The molecule has 28 heavy (non-hydrogen) atoms. The summed E-state index contributed by atoms with van der Waals surface area (Å²) >= 11 is 0. The number of imidazole rings is 1. The Bertz CT molecular complexity index is 1160. The van der Waals surface area contributed by atoms with Crippen molar-refractivity contribution in [2.75, 3.05) is 0 Å². The third-order valence-electron chi connectivity index (χ3n) is 4.63. The van der Waals surface area contributed by atoms with Crippen molar-refractivity contribution in [1.82, 2.24) is 9.55 Å². The maximum atomic E-state index is 11.3. The van der Waals surface area contributed by atoms with Gasteiger partial charge in [-0.05, 0) is 67.4 Å². The molecule has 0 bridgehead atoms. The number of carbonyl (C=O) groups is 1. The predicted molar refractivity (Wildman–Crippen MR) is 109 cm³/mol. The van der Waals surface area contributed by atoms with Gasteiger partial charge in [-0.25, -0.2) is 4.98 Å². The van der Waals surface area contributed by atoms with Gasteiger partial charge < -0.3 is 14.4 Å². The quantitative estimate of drug-likeness (QED) is 0.523. The van der Waals surface area contributed by atoms with Crippen LogP contribution >= 0.6 is 0 Å². The van der Waals surface area contributed by atoms with Crippen LogP contribution in [-0.4, -0.2) is 20.6 Å². The normalized spacial score (nSPS) is 10.9. The van der Waals surface area contributed by atoms with Crippen LogP contribution in [0, 0.1) is 13.8 Å². The summed E-state index contributed by atoms with van der Waals surface area (Å²) in [6, 6.07) is 21.2. The van der Waals surface area contributed by atoms with Crippen LogP contribution in [0.4, 0.5) is 0 Å². The molecule has 1 N–H and O–H groups in total. The van der Waals surface area contributed by atoms with Crippen molar-refractivity contribution in [1.29, 1.82) is 0 Å². The van der Waals surface area contributed by atoms with Crippen molar-refractivity contribution >= 4 is 17.0 Å². The number of benzene rings is 3. The average Bonchev–Trinajstić information content (AvgIpc) is 3.03. The number of fused-ring (bicyclic) bond motifs is 1. The van der Waals surface area contributed by atoms with Crippen molar-refractivity contribution in [2.24, 2.45) is 0 Å². The Morgan fingerprint density at radius 1 is 1.04 bits per heavy atom. The van der Waals surface area contributed by atoms with Gasteiger partial charge in [-0.15, -0.1) is 0 Å². The van der Waals surface area contributed by atoms with Crippen molar-refractivity contribution in [3.05, 3.63) is 77.9 Å². The van der Waals surface area contributed by atoms with E-state index in [1.807, 2.05) is 74.5 Å². The van der Waals surface area contributed by atoms with Crippen LogP contribution in [0.5, 0.6) is 11.5 Å². The highest BCUT2D eigenvalue weighted by molar-refractivity contribution is 5.82. The summed E-state index contributed by atoms with van der Waals surface area (Å²) < 4.78 is 7.73. The molecule has 4 aromatic rings. The van der Waals surface area contributed by atoms with Crippen LogP contribution in [0.2, 0.25) is 0 Å². The lowest BCUT2D eigenvalue weighted by Crippen LogP contribution is -2.09. The molecule has 4 rings (SSSR count). The lowest BCUT2D eigenvalue weighted by atomic mass is 10.1. The van der Waals surface area contributed by atoms with Crippen LogP contribution in [0.3, 0.4) is 0 Å². The zero-order valence-corrected chi connectivity index (χ0v) is 15.7. The van der Waals surface area contributed by atoms with E-state index in [9.17, 15) is 9.90 Å². The summed E-state index contributed by atoms with van der Waals surface area (Å²) in [7, 11) is 0. The minimum absolute atomic E-state index is 0.142. The third-order valence-corrected chi connectivity index (χ3v) is 4.63. The first-order valence-electron chi connectivity index (χ1n) is 9.04. The van der Waals surface area contributed by atoms with E-state index in [1.54, 1.807) is 4.57 Å². The van der Waals surface area contributed by atoms with Gasteiger partial charge in [0.05, 0.1) is 11.0 Å². The third kappa shape index (κ3) is 3.47.